The summed E-state index contributed by atoms with van der Waals surface area (Å²) in [6, 6.07) is 21.8. The van der Waals surface area contributed by atoms with Crippen LogP contribution in [0, 0.1) is 19.7 Å². The molecule has 0 bridgehead atoms. The van der Waals surface area contributed by atoms with E-state index in [1.807, 2.05) is 23.9 Å². The van der Waals surface area contributed by atoms with Crippen LogP contribution < -0.4 is 0 Å². The zero-order chi connectivity index (χ0) is 19.2. The average Bonchev–Trinajstić information content (AvgIpc) is 2.66. The summed E-state index contributed by atoms with van der Waals surface area (Å²) in [7, 11) is 0. The Morgan fingerprint density at radius 3 is 2.30 bits per heavy atom. The van der Waals surface area contributed by atoms with Gasteiger partial charge in [-0.25, -0.2) is 4.39 Å². The van der Waals surface area contributed by atoms with Gasteiger partial charge >= 0.3 is 0 Å². The molecule has 3 rings (SSSR count). The summed E-state index contributed by atoms with van der Waals surface area (Å²) >= 11 is 5.32. The van der Waals surface area contributed by atoms with Gasteiger partial charge in [0.25, 0.3) is 0 Å². The Kier molecular flexibility index (Phi) is 6.92. The maximum atomic E-state index is 13.2. The summed E-state index contributed by atoms with van der Waals surface area (Å²) in [4.78, 5) is 1.30. The van der Waals surface area contributed by atoms with Gasteiger partial charge in [0.1, 0.15) is 5.82 Å². The maximum Gasteiger partial charge on any atom is 0.123 e. The predicted octanol–water partition coefficient (Wildman–Crippen LogP) is 7.72. The Labute approximate surface area is 173 Å². The largest absolute Gasteiger partial charge is 0.207 e. The number of rotatable bonds is 6. The van der Waals surface area contributed by atoms with Crippen LogP contribution in [0.25, 0.3) is 6.08 Å². The number of aryl methyl sites for hydroxylation is 2. The molecule has 3 aromatic carbocycles. The van der Waals surface area contributed by atoms with Crippen molar-refractivity contribution in [3.8, 4) is 0 Å². The lowest BCUT2D eigenvalue weighted by Crippen LogP contribution is -1.91. The van der Waals surface area contributed by atoms with Crippen LogP contribution in [0.15, 0.2) is 76.1 Å². The van der Waals surface area contributed by atoms with Crippen molar-refractivity contribution in [2.45, 2.75) is 26.0 Å². The van der Waals surface area contributed by atoms with Gasteiger partial charge < -0.3 is 0 Å². The Balaban J connectivity index is 1.85. The van der Waals surface area contributed by atoms with Gasteiger partial charge in [0, 0.05) is 16.6 Å². The number of halogens is 2. The SMILES string of the molecule is Cc1ccc(C)c(C=C(Cc2ccc(Br)cc2)SCc2ccc(F)cc2)c1. The molecule has 0 fully saturated rings. The average molecular weight is 441 g/mol. The molecule has 0 spiro atoms. The predicted molar refractivity (Wildman–Crippen MR) is 119 cm³/mol. The molecule has 0 N–H and O–H groups in total. The van der Waals surface area contributed by atoms with Crippen LogP contribution in [0.4, 0.5) is 4.39 Å². The van der Waals surface area contributed by atoms with Crippen LogP contribution in [-0.2, 0) is 12.2 Å². The fourth-order valence-electron chi connectivity index (χ4n) is 2.79. The monoisotopic (exact) mass is 440 g/mol. The van der Waals surface area contributed by atoms with E-state index < -0.39 is 0 Å². The first-order valence-electron chi connectivity index (χ1n) is 8.89. The molecule has 0 aromatic heterocycles. The van der Waals surface area contributed by atoms with Crippen LogP contribution in [0.1, 0.15) is 27.8 Å². The number of thioether (sulfide) groups is 1. The van der Waals surface area contributed by atoms with Crippen molar-refractivity contribution >= 4 is 33.8 Å². The van der Waals surface area contributed by atoms with Crippen molar-refractivity contribution in [1.29, 1.82) is 0 Å². The fourth-order valence-corrected chi connectivity index (χ4v) is 4.08. The first-order valence-corrected chi connectivity index (χ1v) is 10.7. The Hall–Kier alpha value is -1.84. The molecule has 0 saturated carbocycles. The molecule has 0 heterocycles. The minimum absolute atomic E-state index is 0.190. The molecule has 0 amide bonds. The van der Waals surface area contributed by atoms with E-state index in [4.69, 9.17) is 0 Å². The van der Waals surface area contributed by atoms with E-state index in [0.29, 0.717) is 0 Å². The lowest BCUT2D eigenvalue weighted by atomic mass is 10.0. The molecular weight excluding hydrogens is 419 g/mol. The van der Waals surface area contributed by atoms with Gasteiger partial charge in [0.15, 0.2) is 0 Å². The maximum absolute atomic E-state index is 13.2. The summed E-state index contributed by atoms with van der Waals surface area (Å²) in [5, 5.41) is 0. The molecule has 0 nitrogen and oxygen atoms in total. The van der Waals surface area contributed by atoms with E-state index in [1.54, 1.807) is 0 Å². The van der Waals surface area contributed by atoms with Crippen LogP contribution in [0.2, 0.25) is 0 Å². The summed E-state index contributed by atoms with van der Waals surface area (Å²) < 4.78 is 14.2. The van der Waals surface area contributed by atoms with E-state index in [0.717, 1.165) is 22.2 Å². The van der Waals surface area contributed by atoms with Crippen molar-refractivity contribution in [3.63, 3.8) is 0 Å². The molecule has 3 heteroatoms. The highest BCUT2D eigenvalue weighted by atomic mass is 79.9. The van der Waals surface area contributed by atoms with Gasteiger partial charge in [0.05, 0.1) is 0 Å². The topological polar surface area (TPSA) is 0 Å². The molecule has 0 unspecified atom stereocenters. The molecule has 138 valence electrons. The van der Waals surface area contributed by atoms with Crippen LogP contribution >= 0.6 is 27.7 Å². The number of benzene rings is 3. The van der Waals surface area contributed by atoms with Gasteiger partial charge in [-0.2, -0.15) is 0 Å². The third kappa shape index (κ3) is 6.08. The number of allylic oxidation sites excluding steroid dienone is 1. The quantitative estimate of drug-likeness (QED) is 0.377. The van der Waals surface area contributed by atoms with Gasteiger partial charge in [-0.1, -0.05) is 64.0 Å². The molecule has 0 atom stereocenters. The second-order valence-corrected chi connectivity index (χ2v) is 8.71. The van der Waals surface area contributed by atoms with E-state index in [1.165, 1.54) is 39.3 Å². The minimum atomic E-state index is -0.190. The van der Waals surface area contributed by atoms with Crippen molar-refractivity contribution in [1.82, 2.24) is 0 Å². The van der Waals surface area contributed by atoms with Gasteiger partial charge in [-0.3, -0.25) is 0 Å². The van der Waals surface area contributed by atoms with Crippen molar-refractivity contribution in [3.05, 3.63) is 110 Å². The molecule has 0 aliphatic heterocycles. The summed E-state index contributed by atoms with van der Waals surface area (Å²) in [5.41, 5.74) is 6.20. The van der Waals surface area contributed by atoms with Crippen molar-refractivity contribution < 1.29 is 4.39 Å². The summed E-state index contributed by atoms with van der Waals surface area (Å²) in [6.45, 7) is 4.27. The van der Waals surface area contributed by atoms with Gasteiger partial charge in [-0.05, 0) is 71.3 Å². The van der Waals surface area contributed by atoms with E-state index in [2.05, 4.69) is 78.3 Å². The molecule has 0 saturated heterocycles. The Morgan fingerprint density at radius 2 is 1.59 bits per heavy atom. The minimum Gasteiger partial charge on any atom is -0.207 e. The zero-order valence-electron chi connectivity index (χ0n) is 15.5. The van der Waals surface area contributed by atoms with E-state index in [9.17, 15) is 4.39 Å². The smallest absolute Gasteiger partial charge is 0.123 e. The van der Waals surface area contributed by atoms with Crippen LogP contribution in [0.5, 0.6) is 0 Å². The molecular formula is C24H22BrFS. The lowest BCUT2D eigenvalue weighted by molar-refractivity contribution is 0.627. The first-order chi connectivity index (χ1) is 13.0. The van der Waals surface area contributed by atoms with E-state index >= 15 is 0 Å². The second kappa shape index (κ2) is 9.38. The number of hydrogen-bond donors (Lipinski definition) is 0. The third-order valence-electron chi connectivity index (χ3n) is 4.38. The highest BCUT2D eigenvalue weighted by molar-refractivity contribution is 9.10. The molecule has 0 aliphatic carbocycles. The Bertz CT molecular complexity index is 928. The van der Waals surface area contributed by atoms with Crippen molar-refractivity contribution in [2.75, 3.05) is 0 Å². The third-order valence-corrected chi connectivity index (χ3v) is 6.02. The second-order valence-electron chi connectivity index (χ2n) is 6.69. The van der Waals surface area contributed by atoms with Crippen LogP contribution in [0.3, 0.4) is 0 Å². The first kappa shape index (κ1) is 19.9. The highest BCUT2D eigenvalue weighted by Gasteiger charge is 2.05. The van der Waals surface area contributed by atoms with Crippen LogP contribution in [-0.4, -0.2) is 0 Å². The van der Waals surface area contributed by atoms with E-state index in [-0.39, 0.29) is 5.82 Å². The standard InChI is InChI=1S/C24H22BrFS/c1-17-3-4-18(2)21(13-17)15-24(14-19-5-9-22(25)10-6-19)27-16-20-7-11-23(26)12-8-20/h3-13,15H,14,16H2,1-2H3. The van der Waals surface area contributed by atoms with Gasteiger partial charge in [-0.15, -0.1) is 11.8 Å². The highest BCUT2D eigenvalue weighted by Crippen LogP contribution is 2.29. The summed E-state index contributed by atoms with van der Waals surface area (Å²) in [5.74, 6) is 0.637. The summed E-state index contributed by atoms with van der Waals surface area (Å²) in [6.07, 6.45) is 3.17. The zero-order valence-corrected chi connectivity index (χ0v) is 17.9. The molecule has 0 aliphatic rings. The van der Waals surface area contributed by atoms with Gasteiger partial charge in [0.2, 0.25) is 0 Å². The fraction of sp³-hybridized carbons (Fsp3) is 0.167. The Morgan fingerprint density at radius 1 is 0.926 bits per heavy atom. The van der Waals surface area contributed by atoms with Crippen molar-refractivity contribution in [2.24, 2.45) is 0 Å². The molecule has 0 radical (unpaired) electrons. The lowest BCUT2D eigenvalue weighted by Gasteiger charge is -2.11. The number of hydrogen-bond acceptors (Lipinski definition) is 1. The molecule has 27 heavy (non-hydrogen) atoms. The normalized spacial score (nSPS) is 11.6. The molecule has 3 aromatic rings.